The van der Waals surface area contributed by atoms with Gasteiger partial charge in [0.1, 0.15) is 5.82 Å². The first-order valence-electron chi connectivity index (χ1n) is 6.00. The second-order valence-electron chi connectivity index (χ2n) is 5.28. The second-order valence-corrected chi connectivity index (χ2v) is 5.54. The predicted molar refractivity (Wildman–Crippen MR) is 72.7 cm³/mol. The number of rotatable bonds is 2. The lowest BCUT2D eigenvalue weighted by Crippen LogP contribution is -2.58. The minimum atomic E-state index is 0.180. The first kappa shape index (κ1) is 12.7. The molecule has 1 saturated heterocycles. The van der Waals surface area contributed by atoms with Crippen molar-refractivity contribution in [2.75, 3.05) is 31.6 Å². The minimum Gasteiger partial charge on any atom is -0.353 e. The fraction of sp³-hybridized carbons (Fsp3) is 0.615. The monoisotopic (exact) mass is 253 g/mol. The molecule has 0 radical (unpaired) electrons. The Kier molecular flexibility index (Phi) is 3.59. The summed E-state index contributed by atoms with van der Waals surface area (Å²) in [5.41, 5.74) is 1.30. The first-order valence-corrected chi connectivity index (χ1v) is 6.54. The van der Waals surface area contributed by atoms with Gasteiger partial charge in [0.2, 0.25) is 0 Å². The fourth-order valence-corrected chi connectivity index (χ4v) is 2.45. The Morgan fingerprint density at radius 3 is 2.82 bits per heavy atom. The molecule has 0 aliphatic carbocycles. The van der Waals surface area contributed by atoms with E-state index in [0.717, 1.165) is 31.0 Å². The maximum absolute atomic E-state index is 5.97. The summed E-state index contributed by atoms with van der Waals surface area (Å²) >= 11 is 5.97. The molecule has 1 aromatic heterocycles. The van der Waals surface area contributed by atoms with Crippen LogP contribution in [0.3, 0.4) is 0 Å². The van der Waals surface area contributed by atoms with E-state index in [1.165, 1.54) is 0 Å². The molecule has 0 spiro atoms. The highest BCUT2D eigenvalue weighted by molar-refractivity contribution is 6.17. The molecule has 0 atom stereocenters. The number of halogens is 1. The van der Waals surface area contributed by atoms with Crippen molar-refractivity contribution >= 4 is 17.4 Å². The lowest BCUT2D eigenvalue weighted by Gasteiger charge is -2.46. The van der Waals surface area contributed by atoms with E-state index in [0.29, 0.717) is 5.88 Å². The SMILES string of the molecule is CN1CCN(c2ncccc2CCl)CC1(C)C. The van der Waals surface area contributed by atoms with Crippen LogP contribution in [-0.2, 0) is 5.88 Å². The van der Waals surface area contributed by atoms with Gasteiger partial charge < -0.3 is 4.90 Å². The molecule has 1 aliphatic rings. The van der Waals surface area contributed by atoms with Gasteiger partial charge in [0.05, 0.1) is 5.88 Å². The molecule has 4 heteroatoms. The van der Waals surface area contributed by atoms with Crippen molar-refractivity contribution in [3.63, 3.8) is 0 Å². The Bertz CT molecular complexity index is 392. The van der Waals surface area contributed by atoms with E-state index >= 15 is 0 Å². The third-order valence-corrected chi connectivity index (χ3v) is 3.92. The maximum Gasteiger partial charge on any atom is 0.133 e. The van der Waals surface area contributed by atoms with Gasteiger partial charge in [-0.3, -0.25) is 4.90 Å². The zero-order chi connectivity index (χ0) is 12.5. The van der Waals surface area contributed by atoms with Gasteiger partial charge in [-0.1, -0.05) is 6.07 Å². The van der Waals surface area contributed by atoms with Gasteiger partial charge >= 0.3 is 0 Å². The highest BCUT2D eigenvalue weighted by Gasteiger charge is 2.32. The van der Waals surface area contributed by atoms with Crippen molar-refractivity contribution in [3.05, 3.63) is 23.9 Å². The number of piperazine rings is 1. The molecule has 2 rings (SSSR count). The topological polar surface area (TPSA) is 19.4 Å². The Hall–Kier alpha value is -0.800. The molecule has 3 nitrogen and oxygen atoms in total. The summed E-state index contributed by atoms with van der Waals surface area (Å²) in [7, 11) is 2.18. The number of anilines is 1. The molecule has 17 heavy (non-hydrogen) atoms. The Morgan fingerprint density at radius 2 is 2.18 bits per heavy atom. The highest BCUT2D eigenvalue weighted by atomic mass is 35.5. The number of hydrogen-bond acceptors (Lipinski definition) is 3. The van der Waals surface area contributed by atoms with Gasteiger partial charge in [-0.25, -0.2) is 4.98 Å². The summed E-state index contributed by atoms with van der Waals surface area (Å²) in [6.45, 7) is 7.60. The fourth-order valence-electron chi connectivity index (χ4n) is 2.24. The third-order valence-electron chi connectivity index (χ3n) is 3.63. The van der Waals surface area contributed by atoms with Crippen LogP contribution in [0.4, 0.5) is 5.82 Å². The van der Waals surface area contributed by atoms with E-state index in [1.807, 2.05) is 12.3 Å². The van der Waals surface area contributed by atoms with Crippen LogP contribution in [0.1, 0.15) is 19.4 Å². The summed E-state index contributed by atoms with van der Waals surface area (Å²) in [6, 6.07) is 4.00. The van der Waals surface area contributed by atoms with Crippen LogP contribution in [0.15, 0.2) is 18.3 Å². The van der Waals surface area contributed by atoms with Crippen molar-refractivity contribution in [1.82, 2.24) is 9.88 Å². The summed E-state index contributed by atoms with van der Waals surface area (Å²) in [6.07, 6.45) is 1.84. The van der Waals surface area contributed by atoms with E-state index in [1.54, 1.807) is 0 Å². The molecule has 0 bridgehead atoms. The van der Waals surface area contributed by atoms with Crippen molar-refractivity contribution in [1.29, 1.82) is 0 Å². The zero-order valence-corrected chi connectivity index (χ0v) is 11.5. The summed E-state index contributed by atoms with van der Waals surface area (Å²) in [4.78, 5) is 9.23. The van der Waals surface area contributed by atoms with Crippen LogP contribution in [0.2, 0.25) is 0 Å². The molecule has 0 unspecified atom stereocenters. The average Bonchev–Trinajstić information content (AvgIpc) is 2.32. The van der Waals surface area contributed by atoms with Gasteiger partial charge in [0, 0.05) is 36.9 Å². The number of pyridine rings is 1. The normalized spacial score (nSPS) is 20.6. The van der Waals surface area contributed by atoms with Gasteiger partial charge in [-0.05, 0) is 27.0 Å². The molecular formula is C13H20ClN3. The smallest absolute Gasteiger partial charge is 0.133 e. The van der Waals surface area contributed by atoms with Gasteiger partial charge in [-0.2, -0.15) is 0 Å². The van der Waals surface area contributed by atoms with Crippen molar-refractivity contribution in [2.24, 2.45) is 0 Å². The van der Waals surface area contributed by atoms with Gasteiger partial charge in [-0.15, -0.1) is 11.6 Å². The Morgan fingerprint density at radius 1 is 1.41 bits per heavy atom. The Balaban J connectivity index is 2.23. The predicted octanol–water partition coefficient (Wildman–Crippen LogP) is 2.35. The number of hydrogen-bond donors (Lipinski definition) is 0. The molecule has 1 aromatic rings. The number of alkyl halides is 1. The maximum atomic E-state index is 5.97. The van der Waals surface area contributed by atoms with Crippen LogP contribution >= 0.6 is 11.6 Å². The number of aromatic nitrogens is 1. The summed E-state index contributed by atoms with van der Waals surface area (Å²) in [5, 5.41) is 0. The van der Waals surface area contributed by atoms with Gasteiger partial charge in [0.15, 0.2) is 0 Å². The van der Waals surface area contributed by atoms with Crippen LogP contribution in [-0.4, -0.2) is 42.1 Å². The Labute approximate surface area is 108 Å². The van der Waals surface area contributed by atoms with E-state index in [-0.39, 0.29) is 5.54 Å². The van der Waals surface area contributed by atoms with Crippen LogP contribution in [0, 0.1) is 0 Å². The second kappa shape index (κ2) is 4.83. The molecule has 0 aromatic carbocycles. The molecule has 0 N–H and O–H groups in total. The highest BCUT2D eigenvalue weighted by Crippen LogP contribution is 2.26. The van der Waals surface area contributed by atoms with Crippen LogP contribution < -0.4 is 4.90 Å². The molecule has 1 aliphatic heterocycles. The first-order chi connectivity index (χ1) is 8.04. The molecule has 94 valence electrons. The lowest BCUT2D eigenvalue weighted by molar-refractivity contribution is 0.138. The number of likely N-dealkylation sites (N-methyl/N-ethyl adjacent to an activating group) is 1. The van der Waals surface area contributed by atoms with Crippen molar-refractivity contribution in [3.8, 4) is 0 Å². The quantitative estimate of drug-likeness (QED) is 0.755. The van der Waals surface area contributed by atoms with E-state index in [2.05, 4.69) is 41.7 Å². The van der Waals surface area contributed by atoms with Crippen molar-refractivity contribution < 1.29 is 0 Å². The standard InChI is InChI=1S/C13H20ClN3/c1-13(2)10-17(8-7-16(13)3)12-11(9-14)5-4-6-15-12/h4-6H,7-10H2,1-3H3. The summed E-state index contributed by atoms with van der Waals surface area (Å²) < 4.78 is 0. The molecular weight excluding hydrogens is 234 g/mol. The van der Waals surface area contributed by atoms with E-state index < -0.39 is 0 Å². The van der Waals surface area contributed by atoms with E-state index in [4.69, 9.17) is 11.6 Å². The zero-order valence-electron chi connectivity index (χ0n) is 10.8. The van der Waals surface area contributed by atoms with Gasteiger partial charge in [0.25, 0.3) is 0 Å². The molecule has 0 amide bonds. The lowest BCUT2D eigenvalue weighted by atomic mass is 9.99. The molecule has 0 saturated carbocycles. The molecule has 1 fully saturated rings. The largest absolute Gasteiger partial charge is 0.353 e. The minimum absolute atomic E-state index is 0.180. The van der Waals surface area contributed by atoms with Crippen LogP contribution in [0.25, 0.3) is 0 Å². The molecule has 2 heterocycles. The van der Waals surface area contributed by atoms with Crippen LogP contribution in [0.5, 0.6) is 0 Å². The van der Waals surface area contributed by atoms with E-state index in [9.17, 15) is 0 Å². The van der Waals surface area contributed by atoms with Crippen molar-refractivity contribution in [2.45, 2.75) is 25.3 Å². The number of nitrogens with zero attached hydrogens (tertiary/aromatic N) is 3. The summed E-state index contributed by atoms with van der Waals surface area (Å²) in [5.74, 6) is 1.57. The average molecular weight is 254 g/mol. The third kappa shape index (κ3) is 2.55.